The molecule has 0 aliphatic carbocycles. The number of aryl methyl sites for hydroxylation is 1. The topological polar surface area (TPSA) is 70.4 Å². The number of halogens is 2. The number of pyridine rings is 2. The summed E-state index contributed by atoms with van der Waals surface area (Å²) in [7, 11) is 2.00. The number of likely N-dealkylation sites (N-methyl/N-ethyl adjacent to an activating group) is 1. The second-order valence-electron chi connectivity index (χ2n) is 9.58. The molecule has 3 heterocycles. The highest BCUT2D eigenvalue weighted by Gasteiger charge is 2.21. The number of hydrogen-bond donors (Lipinski definition) is 2. The fourth-order valence-electron chi connectivity index (χ4n) is 5.09. The molecule has 36 heavy (non-hydrogen) atoms. The summed E-state index contributed by atoms with van der Waals surface area (Å²) < 4.78 is 29.7. The van der Waals surface area contributed by atoms with Crippen LogP contribution < -0.4 is 10.9 Å². The maximum Gasteiger partial charge on any atom is 0.264 e. The van der Waals surface area contributed by atoms with Gasteiger partial charge in [-0.1, -0.05) is 6.07 Å². The van der Waals surface area contributed by atoms with Crippen molar-refractivity contribution in [1.29, 1.82) is 0 Å². The Balaban J connectivity index is 1.71. The summed E-state index contributed by atoms with van der Waals surface area (Å²) in [6.07, 6.45) is 5.43. The number of phenols is 1. The Labute approximate surface area is 207 Å². The predicted molar refractivity (Wildman–Crippen MR) is 136 cm³/mol. The first-order valence-corrected chi connectivity index (χ1v) is 12.0. The molecule has 1 aliphatic heterocycles. The minimum Gasteiger partial charge on any atom is -0.508 e. The Morgan fingerprint density at radius 2 is 1.97 bits per heavy atom. The number of aromatic hydroxyl groups is 1. The van der Waals surface area contributed by atoms with Gasteiger partial charge in [-0.15, -0.1) is 0 Å². The lowest BCUT2D eigenvalue weighted by atomic mass is 9.96. The summed E-state index contributed by atoms with van der Waals surface area (Å²) in [5.74, 6) is -1.29. The third kappa shape index (κ3) is 4.87. The molecule has 5 rings (SSSR count). The van der Waals surface area contributed by atoms with Crippen LogP contribution in [0.3, 0.4) is 0 Å². The molecule has 6 nitrogen and oxygen atoms in total. The highest BCUT2D eigenvalue weighted by atomic mass is 19.1. The van der Waals surface area contributed by atoms with Gasteiger partial charge in [0.25, 0.3) is 5.56 Å². The van der Waals surface area contributed by atoms with Crippen LogP contribution in [-0.2, 0) is 6.54 Å². The summed E-state index contributed by atoms with van der Waals surface area (Å²) >= 11 is 0. The van der Waals surface area contributed by atoms with E-state index in [1.54, 1.807) is 12.3 Å². The Morgan fingerprint density at radius 1 is 1.17 bits per heavy atom. The minimum absolute atomic E-state index is 0.209. The molecule has 0 amide bonds. The minimum atomic E-state index is -0.650. The molecule has 1 fully saturated rings. The molecule has 1 aliphatic rings. The Morgan fingerprint density at radius 3 is 2.69 bits per heavy atom. The number of phenolic OH excluding ortho intramolecular Hbond substituents is 1. The van der Waals surface area contributed by atoms with E-state index in [-0.39, 0.29) is 22.8 Å². The van der Waals surface area contributed by atoms with Crippen LogP contribution in [0.25, 0.3) is 27.7 Å². The van der Waals surface area contributed by atoms with Crippen molar-refractivity contribution >= 4 is 10.9 Å². The van der Waals surface area contributed by atoms with Gasteiger partial charge in [-0.05, 0) is 74.3 Å². The van der Waals surface area contributed by atoms with Crippen molar-refractivity contribution in [2.45, 2.75) is 32.4 Å². The normalized spacial score (nSPS) is 15.8. The van der Waals surface area contributed by atoms with E-state index in [0.717, 1.165) is 43.1 Å². The van der Waals surface area contributed by atoms with Crippen molar-refractivity contribution in [2.75, 3.05) is 20.1 Å². The molecule has 4 aromatic rings. The van der Waals surface area contributed by atoms with Gasteiger partial charge in [0, 0.05) is 49.2 Å². The van der Waals surface area contributed by atoms with Crippen LogP contribution in [-0.4, -0.2) is 45.7 Å². The first-order valence-electron chi connectivity index (χ1n) is 12.0. The van der Waals surface area contributed by atoms with Gasteiger partial charge in [0.1, 0.15) is 17.4 Å². The van der Waals surface area contributed by atoms with Crippen LogP contribution in [0.2, 0.25) is 0 Å². The van der Waals surface area contributed by atoms with Crippen LogP contribution in [0, 0.1) is 18.6 Å². The molecule has 8 heteroatoms. The zero-order valence-corrected chi connectivity index (χ0v) is 20.3. The third-order valence-electron chi connectivity index (χ3n) is 6.65. The van der Waals surface area contributed by atoms with E-state index >= 15 is 0 Å². The maximum absolute atomic E-state index is 14.4. The molecule has 1 atom stereocenters. The van der Waals surface area contributed by atoms with E-state index in [4.69, 9.17) is 0 Å². The van der Waals surface area contributed by atoms with Crippen LogP contribution in [0.1, 0.15) is 24.0 Å². The van der Waals surface area contributed by atoms with E-state index in [0.29, 0.717) is 34.6 Å². The smallest absolute Gasteiger partial charge is 0.264 e. The van der Waals surface area contributed by atoms with Gasteiger partial charge in [-0.25, -0.2) is 8.78 Å². The van der Waals surface area contributed by atoms with Crippen molar-refractivity contribution in [3.63, 3.8) is 0 Å². The molecule has 186 valence electrons. The predicted octanol–water partition coefficient (Wildman–Crippen LogP) is 4.53. The lowest BCUT2D eigenvalue weighted by molar-refractivity contribution is 0.294. The molecule has 2 N–H and O–H groups in total. The van der Waals surface area contributed by atoms with Crippen molar-refractivity contribution in [1.82, 2.24) is 19.8 Å². The van der Waals surface area contributed by atoms with E-state index in [2.05, 4.69) is 15.2 Å². The average Bonchev–Trinajstić information content (AvgIpc) is 3.31. The number of benzene rings is 2. The van der Waals surface area contributed by atoms with Crippen molar-refractivity contribution in [3.05, 3.63) is 88.0 Å². The maximum atomic E-state index is 14.4. The van der Waals surface area contributed by atoms with E-state index in [9.17, 15) is 18.7 Å². The Kier molecular flexibility index (Phi) is 6.55. The van der Waals surface area contributed by atoms with Crippen molar-refractivity contribution in [3.8, 4) is 22.6 Å². The second kappa shape index (κ2) is 9.79. The summed E-state index contributed by atoms with van der Waals surface area (Å²) in [5.41, 5.74) is 3.13. The van der Waals surface area contributed by atoms with Gasteiger partial charge in [-0.2, -0.15) is 0 Å². The molecular weight excluding hydrogens is 462 g/mol. The first kappa shape index (κ1) is 24.1. The van der Waals surface area contributed by atoms with Gasteiger partial charge < -0.3 is 15.3 Å². The fourth-order valence-corrected chi connectivity index (χ4v) is 5.09. The van der Waals surface area contributed by atoms with Crippen LogP contribution in [0.15, 0.2) is 59.7 Å². The molecular formula is C28H28F2N4O2. The highest BCUT2D eigenvalue weighted by Crippen LogP contribution is 2.30. The summed E-state index contributed by atoms with van der Waals surface area (Å²) in [5, 5.41) is 13.8. The second-order valence-corrected chi connectivity index (χ2v) is 9.58. The van der Waals surface area contributed by atoms with Crippen LogP contribution in [0.5, 0.6) is 5.75 Å². The Bertz CT molecular complexity index is 1450. The molecule has 2 aromatic heterocycles. The van der Waals surface area contributed by atoms with E-state index < -0.39 is 5.82 Å². The number of fused-ring (bicyclic) bond motifs is 1. The first-order chi connectivity index (χ1) is 17.3. The highest BCUT2D eigenvalue weighted by molar-refractivity contribution is 5.88. The molecule has 1 saturated heterocycles. The molecule has 0 bridgehead atoms. The van der Waals surface area contributed by atoms with Gasteiger partial charge in [0.2, 0.25) is 0 Å². The number of nitrogens with one attached hydrogen (secondary N) is 1. The monoisotopic (exact) mass is 490 g/mol. The number of aromatic nitrogens is 2. The molecule has 0 spiro atoms. The van der Waals surface area contributed by atoms with E-state index in [1.807, 2.05) is 20.0 Å². The standard InChI is InChI=1S/C28H28F2N4O2/c1-17-8-18(10-19(29)9-17)24-14-32-26-5-7-34(22-11-20(30)12-23(35)13-22)28(36)27(26)25(24)16-33(2)15-21-4-3-6-31-21/h5,7-14,21,31,35H,3-4,6,15-16H2,1-2H3/t21-/m0/s1. The van der Waals surface area contributed by atoms with Gasteiger partial charge in [0.05, 0.1) is 16.6 Å². The summed E-state index contributed by atoms with van der Waals surface area (Å²) in [4.78, 5) is 20.5. The quantitative estimate of drug-likeness (QED) is 0.416. The third-order valence-corrected chi connectivity index (χ3v) is 6.65. The molecule has 2 aromatic carbocycles. The van der Waals surface area contributed by atoms with Crippen LogP contribution in [0.4, 0.5) is 8.78 Å². The van der Waals surface area contributed by atoms with E-state index in [1.165, 1.54) is 35.0 Å². The molecule has 0 saturated carbocycles. The zero-order valence-electron chi connectivity index (χ0n) is 20.3. The fraction of sp³-hybridized carbons (Fsp3) is 0.286. The Hall–Kier alpha value is -3.62. The lowest BCUT2D eigenvalue weighted by Crippen LogP contribution is -2.35. The van der Waals surface area contributed by atoms with Gasteiger partial charge >= 0.3 is 0 Å². The average molecular weight is 491 g/mol. The summed E-state index contributed by atoms with van der Waals surface area (Å²) in [6, 6.07) is 10.4. The SMILES string of the molecule is Cc1cc(F)cc(-c2cnc3ccn(-c4cc(O)cc(F)c4)c(=O)c3c2CN(C)C[C@@H]2CCCN2)c1. The lowest BCUT2D eigenvalue weighted by Gasteiger charge is -2.23. The molecule has 0 unspecified atom stereocenters. The molecule has 0 radical (unpaired) electrons. The van der Waals surface area contributed by atoms with Gasteiger partial charge in [0.15, 0.2) is 0 Å². The van der Waals surface area contributed by atoms with Crippen molar-refractivity contribution < 1.29 is 13.9 Å². The number of nitrogens with zero attached hydrogens (tertiary/aromatic N) is 3. The van der Waals surface area contributed by atoms with Gasteiger partial charge in [-0.3, -0.25) is 14.3 Å². The largest absolute Gasteiger partial charge is 0.508 e. The number of rotatable bonds is 6. The number of hydrogen-bond acceptors (Lipinski definition) is 5. The summed E-state index contributed by atoms with van der Waals surface area (Å²) in [6.45, 7) is 4.05. The van der Waals surface area contributed by atoms with Crippen LogP contribution >= 0.6 is 0 Å². The van der Waals surface area contributed by atoms with Crippen molar-refractivity contribution in [2.24, 2.45) is 0 Å². The zero-order chi connectivity index (χ0) is 25.4.